The lowest BCUT2D eigenvalue weighted by Gasteiger charge is -2.35. The predicted molar refractivity (Wildman–Crippen MR) is 153 cm³/mol. The van der Waals surface area contributed by atoms with Crippen LogP contribution in [0.25, 0.3) is 0 Å². The van der Waals surface area contributed by atoms with Crippen LogP contribution in [0.1, 0.15) is 62.6 Å². The van der Waals surface area contributed by atoms with Gasteiger partial charge in [-0.25, -0.2) is 9.69 Å². The molecule has 0 bridgehead atoms. The van der Waals surface area contributed by atoms with Gasteiger partial charge in [0.1, 0.15) is 0 Å². The van der Waals surface area contributed by atoms with Gasteiger partial charge in [0.05, 0.1) is 22.9 Å². The van der Waals surface area contributed by atoms with Gasteiger partial charge in [0.25, 0.3) is 11.8 Å². The van der Waals surface area contributed by atoms with Crippen LogP contribution in [0.5, 0.6) is 0 Å². The molecule has 0 atom stereocenters. The van der Waals surface area contributed by atoms with Crippen molar-refractivity contribution in [3.63, 3.8) is 0 Å². The van der Waals surface area contributed by atoms with Crippen molar-refractivity contribution < 1.29 is 27.6 Å². The number of unbranched alkanes of at least 4 members (excludes halogenated alkanes) is 1. The highest BCUT2D eigenvalue weighted by molar-refractivity contribution is 6.32. The number of benzene rings is 2. The predicted octanol–water partition coefficient (Wildman–Crippen LogP) is 5.91. The van der Waals surface area contributed by atoms with Gasteiger partial charge in [-0.1, -0.05) is 32.0 Å². The highest BCUT2D eigenvalue weighted by Crippen LogP contribution is 2.37. The summed E-state index contributed by atoms with van der Waals surface area (Å²) >= 11 is 0. The van der Waals surface area contributed by atoms with Gasteiger partial charge in [0.2, 0.25) is 0 Å². The summed E-state index contributed by atoms with van der Waals surface area (Å²) in [7, 11) is 0. The monoisotopic (exact) mass is 581 g/mol. The van der Waals surface area contributed by atoms with E-state index < -0.39 is 29.1 Å². The third-order valence-electron chi connectivity index (χ3n) is 7.76. The third-order valence-corrected chi connectivity index (χ3v) is 7.76. The molecule has 0 saturated carbocycles. The van der Waals surface area contributed by atoms with E-state index in [4.69, 9.17) is 5.26 Å². The van der Waals surface area contributed by atoms with Crippen molar-refractivity contribution in [2.24, 2.45) is 0 Å². The van der Waals surface area contributed by atoms with Gasteiger partial charge in [0.15, 0.2) is 0 Å². The zero-order valence-electron chi connectivity index (χ0n) is 23.9. The topological polar surface area (TPSA) is 96.8 Å². The molecule has 0 spiro atoms. The molecule has 42 heavy (non-hydrogen) atoms. The number of rotatable bonds is 8. The van der Waals surface area contributed by atoms with Crippen molar-refractivity contribution in [1.29, 1.82) is 5.26 Å². The number of hydrogen-bond donors (Lipinski definition) is 1. The van der Waals surface area contributed by atoms with E-state index in [9.17, 15) is 27.6 Å². The fourth-order valence-electron chi connectivity index (χ4n) is 5.34. The van der Waals surface area contributed by atoms with Gasteiger partial charge in [0, 0.05) is 43.0 Å². The van der Waals surface area contributed by atoms with Crippen LogP contribution in [0.4, 0.5) is 29.3 Å². The first-order chi connectivity index (χ1) is 19.9. The van der Waals surface area contributed by atoms with Crippen molar-refractivity contribution in [3.8, 4) is 6.07 Å². The minimum Gasteiger partial charge on any atom is -0.322 e. The van der Waals surface area contributed by atoms with Crippen LogP contribution in [0.3, 0.4) is 0 Å². The van der Waals surface area contributed by atoms with Gasteiger partial charge < -0.3 is 10.2 Å². The Balaban J connectivity index is 1.26. The van der Waals surface area contributed by atoms with E-state index >= 15 is 0 Å². The quantitative estimate of drug-likeness (QED) is 0.309. The van der Waals surface area contributed by atoms with Crippen molar-refractivity contribution in [2.75, 3.05) is 42.9 Å². The third kappa shape index (κ3) is 6.65. The van der Waals surface area contributed by atoms with E-state index in [0.717, 1.165) is 35.2 Å². The highest BCUT2D eigenvalue weighted by Gasteiger charge is 2.39. The first-order valence-electron chi connectivity index (χ1n) is 14.0. The fourth-order valence-corrected chi connectivity index (χ4v) is 5.34. The summed E-state index contributed by atoms with van der Waals surface area (Å²) in [5.74, 6) is -0.996. The Hall–Kier alpha value is -4.17. The first kappa shape index (κ1) is 30.8. The van der Waals surface area contributed by atoms with Crippen LogP contribution in [0, 0.1) is 11.3 Å². The molecule has 1 saturated heterocycles. The number of piperazine rings is 1. The van der Waals surface area contributed by atoms with Crippen LogP contribution >= 0.6 is 0 Å². The van der Waals surface area contributed by atoms with E-state index in [2.05, 4.69) is 24.1 Å². The Morgan fingerprint density at radius 2 is 1.71 bits per heavy atom. The van der Waals surface area contributed by atoms with E-state index in [0.29, 0.717) is 50.7 Å². The van der Waals surface area contributed by atoms with E-state index in [-0.39, 0.29) is 23.2 Å². The number of alkyl halides is 3. The largest absolute Gasteiger partial charge is 0.417 e. The van der Waals surface area contributed by atoms with E-state index in [1.165, 1.54) is 19.1 Å². The normalized spacial score (nSPS) is 16.4. The van der Waals surface area contributed by atoms with Gasteiger partial charge in [-0.2, -0.15) is 18.4 Å². The summed E-state index contributed by atoms with van der Waals surface area (Å²) in [5, 5.41) is 12.1. The molecule has 4 rings (SSSR count). The Labute approximate surface area is 243 Å². The zero-order valence-corrected chi connectivity index (χ0v) is 23.9. The number of nitrogens with zero attached hydrogens (tertiary/aromatic N) is 4. The van der Waals surface area contributed by atoms with Crippen molar-refractivity contribution in [1.82, 2.24) is 9.80 Å². The second kappa shape index (κ2) is 12.8. The molecule has 2 heterocycles. The van der Waals surface area contributed by atoms with Crippen LogP contribution in [-0.4, -0.2) is 60.4 Å². The van der Waals surface area contributed by atoms with Gasteiger partial charge in [-0.05, 0) is 68.5 Å². The van der Waals surface area contributed by atoms with Crippen LogP contribution in [0.2, 0.25) is 0 Å². The summed E-state index contributed by atoms with van der Waals surface area (Å²) in [6.07, 6.45) is -3.10. The van der Waals surface area contributed by atoms with Gasteiger partial charge in [-0.15, -0.1) is 0 Å². The number of halogens is 3. The Morgan fingerprint density at radius 3 is 2.36 bits per heavy atom. The van der Waals surface area contributed by atoms with Crippen LogP contribution in [-0.2, 0) is 15.8 Å². The summed E-state index contributed by atoms with van der Waals surface area (Å²) in [5.41, 5.74) is 0.449. The number of imide groups is 1. The number of hydrogen-bond acceptors (Lipinski definition) is 5. The molecule has 0 aromatic heterocycles. The molecule has 2 aliphatic rings. The van der Waals surface area contributed by atoms with E-state index in [1.54, 1.807) is 4.90 Å². The number of urea groups is 1. The molecule has 2 aromatic carbocycles. The summed E-state index contributed by atoms with van der Waals surface area (Å²) in [4.78, 5) is 43.5. The Bertz CT molecular complexity index is 1440. The molecule has 4 amide bonds. The molecule has 0 aliphatic carbocycles. The molecular weight excluding hydrogens is 547 g/mol. The maximum Gasteiger partial charge on any atom is 0.417 e. The molecule has 1 fully saturated rings. The molecule has 2 aliphatic heterocycles. The number of carbonyl (C=O) groups excluding carboxylic acids is 3. The maximum atomic E-state index is 13.4. The molecule has 0 radical (unpaired) electrons. The lowest BCUT2D eigenvalue weighted by atomic mass is 10.0. The minimum atomic E-state index is -4.80. The zero-order chi connectivity index (χ0) is 30.6. The molecular formula is C31H34F3N5O3. The molecule has 222 valence electrons. The summed E-state index contributed by atoms with van der Waals surface area (Å²) in [6.45, 7) is 9.04. The van der Waals surface area contributed by atoms with Crippen LogP contribution < -0.4 is 10.2 Å². The van der Waals surface area contributed by atoms with Gasteiger partial charge >= 0.3 is 12.2 Å². The number of para-hydroxylation sites is 1. The lowest BCUT2D eigenvalue weighted by molar-refractivity contribution is -0.138. The maximum absolute atomic E-state index is 13.4. The first-order valence-corrected chi connectivity index (χ1v) is 14.0. The Kier molecular flexibility index (Phi) is 9.36. The molecule has 2 aromatic rings. The minimum absolute atomic E-state index is 0.122. The van der Waals surface area contributed by atoms with Crippen LogP contribution in [0.15, 0.2) is 53.6 Å². The smallest absolute Gasteiger partial charge is 0.322 e. The summed E-state index contributed by atoms with van der Waals surface area (Å²) < 4.78 is 40.3. The van der Waals surface area contributed by atoms with Crippen molar-refractivity contribution in [2.45, 2.75) is 52.1 Å². The standard InChI is InChI=1S/C31H34F3N5O3/c1-20(2)24-8-4-5-10-27(24)36-30(42)38-16-14-37(15-17-38)13-7-6-9-25-21(3)28(40)39(29(25)41)23-12-11-22(19-35)26(18-23)31(32,33)34/h4-5,8,10-12,18,20H,6-7,9,13-17H2,1-3H3,(H,36,42). The summed E-state index contributed by atoms with van der Waals surface area (Å²) in [6, 6.07) is 12.0. The van der Waals surface area contributed by atoms with Crippen molar-refractivity contribution in [3.05, 3.63) is 70.3 Å². The Morgan fingerprint density at radius 1 is 1.02 bits per heavy atom. The second-order valence-electron chi connectivity index (χ2n) is 10.8. The number of anilines is 2. The molecule has 8 nitrogen and oxygen atoms in total. The van der Waals surface area contributed by atoms with Gasteiger partial charge in [-0.3, -0.25) is 14.5 Å². The number of nitrogens with one attached hydrogen (secondary N) is 1. The lowest BCUT2D eigenvalue weighted by Crippen LogP contribution is -2.50. The van der Waals surface area contributed by atoms with E-state index in [1.807, 2.05) is 24.3 Å². The average molecular weight is 582 g/mol. The highest BCUT2D eigenvalue weighted by atomic mass is 19.4. The number of carbonyl (C=O) groups is 3. The fraction of sp³-hybridized carbons (Fsp3) is 0.419. The second-order valence-corrected chi connectivity index (χ2v) is 10.8. The molecule has 1 N–H and O–H groups in total. The SMILES string of the molecule is CC1=C(CCCCN2CCN(C(=O)Nc3ccccc3C(C)C)CC2)C(=O)N(c2ccc(C#N)c(C(F)(F)F)c2)C1=O. The molecule has 11 heteroatoms. The average Bonchev–Trinajstić information content (AvgIpc) is 3.17. The van der Waals surface area contributed by atoms with Crippen molar-refractivity contribution >= 4 is 29.2 Å². The number of amides is 4. The number of nitriles is 1. The molecule has 0 unspecified atom stereocenters.